The molecule has 1 N–H and O–H groups in total. The molecule has 1 unspecified atom stereocenters. The van der Waals surface area contributed by atoms with Crippen molar-refractivity contribution in [1.82, 2.24) is 5.32 Å². The third-order valence-electron chi connectivity index (χ3n) is 3.84. The first kappa shape index (κ1) is 10.6. The number of hydrogen-bond donors (Lipinski definition) is 1. The van der Waals surface area contributed by atoms with Gasteiger partial charge in [0, 0.05) is 17.1 Å². The Hall–Kier alpha value is -0.530. The highest BCUT2D eigenvalue weighted by Gasteiger charge is 2.34. The normalized spacial score (nSPS) is 22.8. The lowest BCUT2D eigenvalue weighted by molar-refractivity contribution is 0.291. The lowest BCUT2D eigenvalue weighted by atomic mass is 9.90. The van der Waals surface area contributed by atoms with Crippen molar-refractivity contribution in [2.75, 3.05) is 0 Å². The van der Waals surface area contributed by atoms with Gasteiger partial charge in [0.2, 0.25) is 0 Å². The van der Waals surface area contributed by atoms with Gasteiger partial charge in [0.25, 0.3) is 0 Å². The van der Waals surface area contributed by atoms with Gasteiger partial charge in [0.1, 0.15) is 0 Å². The molecule has 0 bridgehead atoms. The van der Waals surface area contributed by atoms with E-state index in [0.29, 0.717) is 6.04 Å². The van der Waals surface area contributed by atoms with Gasteiger partial charge in [-0.1, -0.05) is 30.2 Å². The molecule has 1 nitrogen and oxygen atoms in total. The van der Waals surface area contributed by atoms with E-state index in [4.69, 9.17) is 11.6 Å². The lowest BCUT2D eigenvalue weighted by Gasteiger charge is -2.32. The molecule has 2 fully saturated rings. The van der Waals surface area contributed by atoms with Crippen LogP contribution in [0.1, 0.15) is 43.7 Å². The molecule has 0 aromatic heterocycles. The van der Waals surface area contributed by atoms with Crippen LogP contribution >= 0.6 is 11.6 Å². The van der Waals surface area contributed by atoms with E-state index in [9.17, 15) is 0 Å². The quantitative estimate of drug-likeness (QED) is 0.834. The van der Waals surface area contributed by atoms with Crippen LogP contribution < -0.4 is 5.32 Å². The fourth-order valence-electron chi connectivity index (χ4n) is 2.43. The number of halogens is 1. The molecule has 16 heavy (non-hydrogen) atoms. The van der Waals surface area contributed by atoms with Gasteiger partial charge in [-0.05, 0) is 49.3 Å². The minimum atomic E-state index is 0.572. The van der Waals surface area contributed by atoms with Crippen molar-refractivity contribution in [2.24, 2.45) is 5.92 Å². The lowest BCUT2D eigenvalue weighted by Crippen LogP contribution is -2.38. The van der Waals surface area contributed by atoms with Gasteiger partial charge >= 0.3 is 0 Å². The average molecular weight is 236 g/mol. The van der Waals surface area contributed by atoms with Crippen molar-refractivity contribution in [2.45, 2.75) is 44.2 Å². The molecule has 0 radical (unpaired) electrons. The standard InChI is InChI=1S/C14H18ClN/c15-12-8-6-11(7-9-12)14(10-4-5-10)16-13-2-1-3-13/h6-10,13-14,16H,1-5H2. The SMILES string of the molecule is Clc1ccc(C(NC2CCC2)C2CC2)cc1. The minimum absolute atomic E-state index is 0.572. The highest BCUT2D eigenvalue weighted by atomic mass is 35.5. The number of hydrogen-bond acceptors (Lipinski definition) is 1. The summed E-state index contributed by atoms with van der Waals surface area (Å²) >= 11 is 5.94. The third-order valence-corrected chi connectivity index (χ3v) is 4.09. The summed E-state index contributed by atoms with van der Waals surface area (Å²) < 4.78 is 0. The first-order chi connectivity index (χ1) is 7.83. The summed E-state index contributed by atoms with van der Waals surface area (Å²) in [5.74, 6) is 0.863. The van der Waals surface area contributed by atoms with E-state index in [0.717, 1.165) is 17.0 Å². The highest BCUT2D eigenvalue weighted by molar-refractivity contribution is 6.30. The third kappa shape index (κ3) is 2.26. The van der Waals surface area contributed by atoms with Gasteiger partial charge in [-0.15, -0.1) is 0 Å². The molecule has 2 aliphatic rings. The number of benzene rings is 1. The largest absolute Gasteiger partial charge is 0.307 e. The van der Waals surface area contributed by atoms with E-state index in [1.165, 1.54) is 37.7 Å². The monoisotopic (exact) mass is 235 g/mol. The molecule has 2 saturated carbocycles. The van der Waals surface area contributed by atoms with E-state index in [1.807, 2.05) is 12.1 Å². The van der Waals surface area contributed by atoms with Crippen LogP contribution in [-0.2, 0) is 0 Å². The molecule has 2 aliphatic carbocycles. The summed E-state index contributed by atoms with van der Waals surface area (Å²) in [5, 5.41) is 4.64. The molecule has 1 aromatic rings. The molecule has 86 valence electrons. The first-order valence-electron chi connectivity index (χ1n) is 6.34. The zero-order chi connectivity index (χ0) is 11.0. The van der Waals surface area contributed by atoms with Gasteiger partial charge in [-0.2, -0.15) is 0 Å². The maximum atomic E-state index is 5.94. The Morgan fingerprint density at radius 3 is 2.25 bits per heavy atom. The highest BCUT2D eigenvalue weighted by Crippen LogP contribution is 2.42. The van der Waals surface area contributed by atoms with Crippen LogP contribution in [0.25, 0.3) is 0 Å². The van der Waals surface area contributed by atoms with Crippen LogP contribution in [0.2, 0.25) is 5.02 Å². The Kier molecular flexibility index (Phi) is 2.91. The van der Waals surface area contributed by atoms with Gasteiger partial charge < -0.3 is 5.32 Å². The second kappa shape index (κ2) is 4.38. The fraction of sp³-hybridized carbons (Fsp3) is 0.571. The number of nitrogens with one attached hydrogen (secondary N) is 1. The molecule has 0 heterocycles. The summed E-state index contributed by atoms with van der Waals surface area (Å²) in [6.45, 7) is 0. The van der Waals surface area contributed by atoms with Crippen LogP contribution in [0.15, 0.2) is 24.3 Å². The van der Waals surface area contributed by atoms with Gasteiger partial charge in [0.05, 0.1) is 0 Å². The van der Waals surface area contributed by atoms with E-state index in [2.05, 4.69) is 17.4 Å². The minimum Gasteiger partial charge on any atom is -0.307 e. The van der Waals surface area contributed by atoms with Gasteiger partial charge in [0.15, 0.2) is 0 Å². The van der Waals surface area contributed by atoms with Crippen molar-refractivity contribution in [3.63, 3.8) is 0 Å². The molecule has 1 atom stereocenters. The smallest absolute Gasteiger partial charge is 0.0406 e. The van der Waals surface area contributed by atoms with Crippen molar-refractivity contribution in [3.8, 4) is 0 Å². The Labute approximate surface area is 102 Å². The molecule has 0 amide bonds. The van der Waals surface area contributed by atoms with Crippen molar-refractivity contribution in [1.29, 1.82) is 0 Å². The van der Waals surface area contributed by atoms with Crippen LogP contribution in [0.3, 0.4) is 0 Å². The Morgan fingerprint density at radius 2 is 1.75 bits per heavy atom. The van der Waals surface area contributed by atoms with Gasteiger partial charge in [-0.25, -0.2) is 0 Å². The summed E-state index contributed by atoms with van der Waals surface area (Å²) in [7, 11) is 0. The van der Waals surface area contributed by atoms with Crippen molar-refractivity contribution < 1.29 is 0 Å². The second-order valence-electron chi connectivity index (χ2n) is 5.16. The van der Waals surface area contributed by atoms with E-state index >= 15 is 0 Å². The van der Waals surface area contributed by atoms with Crippen molar-refractivity contribution >= 4 is 11.6 Å². The number of rotatable bonds is 4. The van der Waals surface area contributed by atoms with Crippen molar-refractivity contribution in [3.05, 3.63) is 34.9 Å². The Balaban J connectivity index is 1.73. The van der Waals surface area contributed by atoms with Crippen LogP contribution in [-0.4, -0.2) is 6.04 Å². The van der Waals surface area contributed by atoms with E-state index in [-0.39, 0.29) is 0 Å². The zero-order valence-electron chi connectivity index (χ0n) is 9.45. The van der Waals surface area contributed by atoms with Crippen LogP contribution in [0, 0.1) is 5.92 Å². The summed E-state index contributed by atoms with van der Waals surface area (Å²) in [5.41, 5.74) is 1.42. The maximum Gasteiger partial charge on any atom is 0.0406 e. The molecule has 0 spiro atoms. The molecular formula is C14H18ClN. The Morgan fingerprint density at radius 1 is 1.06 bits per heavy atom. The van der Waals surface area contributed by atoms with E-state index in [1.54, 1.807) is 0 Å². The predicted octanol–water partition coefficient (Wildman–Crippen LogP) is 3.93. The van der Waals surface area contributed by atoms with Crippen LogP contribution in [0.4, 0.5) is 0 Å². The topological polar surface area (TPSA) is 12.0 Å². The predicted molar refractivity (Wildman–Crippen MR) is 67.7 cm³/mol. The summed E-state index contributed by atoms with van der Waals surface area (Å²) in [6, 6.07) is 9.71. The summed E-state index contributed by atoms with van der Waals surface area (Å²) in [4.78, 5) is 0. The molecule has 1 aromatic carbocycles. The molecule has 3 rings (SSSR count). The average Bonchev–Trinajstić information content (AvgIpc) is 3.02. The maximum absolute atomic E-state index is 5.94. The van der Waals surface area contributed by atoms with Gasteiger partial charge in [-0.3, -0.25) is 0 Å². The molecular weight excluding hydrogens is 218 g/mol. The summed E-state index contributed by atoms with van der Waals surface area (Å²) in [6.07, 6.45) is 6.88. The zero-order valence-corrected chi connectivity index (χ0v) is 10.2. The molecule has 0 aliphatic heterocycles. The molecule has 2 heteroatoms. The first-order valence-corrected chi connectivity index (χ1v) is 6.72. The van der Waals surface area contributed by atoms with Crippen LogP contribution in [0.5, 0.6) is 0 Å². The Bertz CT molecular complexity index is 352. The van der Waals surface area contributed by atoms with E-state index < -0.39 is 0 Å². The molecule has 0 saturated heterocycles. The second-order valence-corrected chi connectivity index (χ2v) is 5.60. The fourth-order valence-corrected chi connectivity index (χ4v) is 2.56.